The lowest BCUT2D eigenvalue weighted by Crippen LogP contribution is -2.51. The van der Waals surface area contributed by atoms with E-state index < -0.39 is 0 Å². The minimum absolute atomic E-state index is 0.0511. The van der Waals surface area contributed by atoms with Crippen molar-refractivity contribution in [3.05, 3.63) is 29.8 Å². The molecule has 1 aromatic rings. The first-order chi connectivity index (χ1) is 8.72. The molecule has 0 aliphatic carbocycles. The summed E-state index contributed by atoms with van der Waals surface area (Å²) in [6.45, 7) is 1.71. The van der Waals surface area contributed by atoms with Crippen molar-refractivity contribution in [2.75, 3.05) is 31.7 Å². The Morgan fingerprint density at radius 3 is 3.11 bits per heavy atom. The van der Waals surface area contributed by atoms with E-state index in [2.05, 4.69) is 11.4 Å². The molecule has 1 atom stereocenters. The van der Waals surface area contributed by atoms with Gasteiger partial charge in [-0.05, 0) is 18.2 Å². The molecule has 1 unspecified atom stereocenters. The number of nitrogens with zero attached hydrogens (tertiary/aromatic N) is 2. The number of carbonyl (C=O) groups is 1. The van der Waals surface area contributed by atoms with Crippen LogP contribution in [0.2, 0.25) is 0 Å². The summed E-state index contributed by atoms with van der Waals surface area (Å²) >= 11 is 0. The molecule has 2 rings (SSSR count). The number of morpholine rings is 1. The predicted octanol–water partition coefficient (Wildman–Crippen LogP) is 0.509. The molecule has 1 aliphatic rings. The molecule has 0 radical (unpaired) electrons. The zero-order valence-electron chi connectivity index (χ0n) is 10.2. The smallest absolute Gasteiger partial charge is 0.246 e. The number of nitriles is 1. The van der Waals surface area contributed by atoms with Crippen LogP contribution in [-0.4, -0.2) is 38.8 Å². The summed E-state index contributed by atoms with van der Waals surface area (Å²) in [7, 11) is 1.70. The van der Waals surface area contributed by atoms with E-state index in [4.69, 9.17) is 10.00 Å². The molecular formula is C13H15N3O2. The fourth-order valence-electron chi connectivity index (χ4n) is 1.87. The average molecular weight is 245 g/mol. The standard InChI is InChI=1S/C13H15N3O2/c1-16(11-4-2-3-10(7-11)8-14)13(17)12-9-18-6-5-15-12/h2-4,7,12,15H,5-6,9H2,1H3. The zero-order valence-corrected chi connectivity index (χ0v) is 10.2. The molecule has 1 amide bonds. The average Bonchev–Trinajstić information content (AvgIpc) is 2.46. The highest BCUT2D eigenvalue weighted by molar-refractivity contribution is 5.97. The van der Waals surface area contributed by atoms with Crippen molar-refractivity contribution in [1.29, 1.82) is 5.26 Å². The summed E-state index contributed by atoms with van der Waals surface area (Å²) in [5, 5.41) is 12.0. The summed E-state index contributed by atoms with van der Waals surface area (Å²) < 4.78 is 5.27. The summed E-state index contributed by atoms with van der Waals surface area (Å²) in [6.07, 6.45) is 0. The fraction of sp³-hybridized carbons (Fsp3) is 0.385. The summed E-state index contributed by atoms with van der Waals surface area (Å²) in [6, 6.07) is 8.73. The van der Waals surface area contributed by atoms with Crippen LogP contribution >= 0.6 is 0 Å². The molecule has 0 aromatic heterocycles. The van der Waals surface area contributed by atoms with Gasteiger partial charge < -0.3 is 15.0 Å². The predicted molar refractivity (Wildman–Crippen MR) is 67.2 cm³/mol. The van der Waals surface area contributed by atoms with Crippen LogP contribution in [0.4, 0.5) is 5.69 Å². The van der Waals surface area contributed by atoms with Crippen molar-refractivity contribution < 1.29 is 9.53 Å². The Hall–Kier alpha value is -1.90. The van der Waals surface area contributed by atoms with Gasteiger partial charge in [-0.1, -0.05) is 6.07 Å². The van der Waals surface area contributed by atoms with Gasteiger partial charge in [-0.15, -0.1) is 0 Å². The van der Waals surface area contributed by atoms with E-state index in [9.17, 15) is 4.79 Å². The molecule has 1 fully saturated rings. The quantitative estimate of drug-likeness (QED) is 0.824. The minimum Gasteiger partial charge on any atom is -0.378 e. The molecule has 0 saturated carbocycles. The molecule has 1 N–H and O–H groups in total. The Kier molecular flexibility index (Phi) is 3.92. The van der Waals surface area contributed by atoms with Gasteiger partial charge in [0.05, 0.1) is 24.8 Å². The second-order valence-electron chi connectivity index (χ2n) is 4.14. The van der Waals surface area contributed by atoms with Gasteiger partial charge >= 0.3 is 0 Å². The fourth-order valence-corrected chi connectivity index (χ4v) is 1.87. The van der Waals surface area contributed by atoms with Crippen LogP contribution in [0.5, 0.6) is 0 Å². The normalized spacial score (nSPS) is 19.0. The van der Waals surface area contributed by atoms with Gasteiger partial charge in [-0.2, -0.15) is 5.26 Å². The third kappa shape index (κ3) is 2.67. The number of carbonyl (C=O) groups excluding carboxylic acids is 1. The zero-order chi connectivity index (χ0) is 13.0. The Morgan fingerprint density at radius 2 is 2.44 bits per heavy atom. The molecule has 5 nitrogen and oxygen atoms in total. The monoisotopic (exact) mass is 245 g/mol. The van der Waals surface area contributed by atoms with Gasteiger partial charge in [0.1, 0.15) is 6.04 Å². The summed E-state index contributed by atoms with van der Waals surface area (Å²) in [5.74, 6) is -0.0511. The first kappa shape index (κ1) is 12.6. The highest BCUT2D eigenvalue weighted by Crippen LogP contribution is 2.15. The Balaban J connectivity index is 2.12. The Bertz CT molecular complexity index is 475. The third-order valence-corrected chi connectivity index (χ3v) is 2.91. The van der Waals surface area contributed by atoms with E-state index in [-0.39, 0.29) is 11.9 Å². The number of amides is 1. The van der Waals surface area contributed by atoms with Crippen molar-refractivity contribution >= 4 is 11.6 Å². The molecule has 18 heavy (non-hydrogen) atoms. The van der Waals surface area contributed by atoms with E-state index in [1.54, 1.807) is 30.1 Å². The van der Waals surface area contributed by atoms with Gasteiger partial charge in [-0.25, -0.2) is 0 Å². The van der Waals surface area contributed by atoms with Gasteiger partial charge in [0, 0.05) is 19.3 Å². The summed E-state index contributed by atoms with van der Waals surface area (Å²) in [5.41, 5.74) is 1.26. The van der Waals surface area contributed by atoms with Crippen molar-refractivity contribution in [2.45, 2.75) is 6.04 Å². The summed E-state index contributed by atoms with van der Waals surface area (Å²) in [4.78, 5) is 13.7. The van der Waals surface area contributed by atoms with Gasteiger partial charge in [0.2, 0.25) is 5.91 Å². The molecule has 0 spiro atoms. The lowest BCUT2D eigenvalue weighted by Gasteiger charge is -2.27. The van der Waals surface area contributed by atoms with E-state index in [1.807, 2.05) is 6.07 Å². The topological polar surface area (TPSA) is 65.4 Å². The number of nitrogens with one attached hydrogen (secondary N) is 1. The molecule has 1 heterocycles. The number of rotatable bonds is 2. The molecule has 1 aliphatic heterocycles. The highest BCUT2D eigenvalue weighted by Gasteiger charge is 2.25. The highest BCUT2D eigenvalue weighted by atomic mass is 16.5. The van der Waals surface area contributed by atoms with E-state index in [0.29, 0.717) is 31.0 Å². The maximum Gasteiger partial charge on any atom is 0.246 e. The minimum atomic E-state index is -0.311. The molecule has 1 saturated heterocycles. The number of benzene rings is 1. The van der Waals surface area contributed by atoms with E-state index in [0.717, 1.165) is 0 Å². The second kappa shape index (κ2) is 5.63. The van der Waals surface area contributed by atoms with Gasteiger partial charge in [0.15, 0.2) is 0 Å². The van der Waals surface area contributed by atoms with Gasteiger partial charge in [-0.3, -0.25) is 4.79 Å². The maximum absolute atomic E-state index is 12.2. The van der Waals surface area contributed by atoms with E-state index in [1.165, 1.54) is 0 Å². The van der Waals surface area contributed by atoms with Crippen molar-refractivity contribution in [1.82, 2.24) is 5.32 Å². The number of hydrogen-bond donors (Lipinski definition) is 1. The molecule has 1 aromatic carbocycles. The SMILES string of the molecule is CN(C(=O)C1COCCN1)c1cccc(C#N)c1. The first-order valence-electron chi connectivity index (χ1n) is 5.81. The van der Waals surface area contributed by atoms with Crippen molar-refractivity contribution in [3.63, 3.8) is 0 Å². The number of ether oxygens (including phenoxy) is 1. The van der Waals surface area contributed by atoms with Crippen LogP contribution in [0.3, 0.4) is 0 Å². The van der Waals surface area contributed by atoms with Crippen LogP contribution in [0, 0.1) is 11.3 Å². The molecular weight excluding hydrogens is 230 g/mol. The second-order valence-corrected chi connectivity index (χ2v) is 4.14. The Labute approximate surface area is 106 Å². The maximum atomic E-state index is 12.2. The van der Waals surface area contributed by atoms with Crippen LogP contribution in [0.1, 0.15) is 5.56 Å². The lowest BCUT2D eigenvalue weighted by molar-refractivity contribution is -0.123. The van der Waals surface area contributed by atoms with E-state index >= 15 is 0 Å². The molecule has 5 heteroatoms. The number of likely N-dealkylation sites (N-methyl/N-ethyl adjacent to an activating group) is 1. The molecule has 94 valence electrons. The van der Waals surface area contributed by atoms with Crippen molar-refractivity contribution in [2.24, 2.45) is 0 Å². The van der Waals surface area contributed by atoms with Crippen LogP contribution in [0.25, 0.3) is 0 Å². The lowest BCUT2D eigenvalue weighted by atomic mass is 10.2. The molecule has 0 bridgehead atoms. The van der Waals surface area contributed by atoms with Crippen LogP contribution < -0.4 is 10.2 Å². The van der Waals surface area contributed by atoms with Crippen LogP contribution in [0.15, 0.2) is 24.3 Å². The Morgan fingerprint density at radius 1 is 1.61 bits per heavy atom. The first-order valence-corrected chi connectivity index (χ1v) is 5.81. The number of anilines is 1. The number of hydrogen-bond acceptors (Lipinski definition) is 4. The third-order valence-electron chi connectivity index (χ3n) is 2.91. The van der Waals surface area contributed by atoms with Gasteiger partial charge in [0.25, 0.3) is 0 Å². The van der Waals surface area contributed by atoms with Crippen LogP contribution in [-0.2, 0) is 9.53 Å². The van der Waals surface area contributed by atoms with Crippen molar-refractivity contribution in [3.8, 4) is 6.07 Å². The largest absolute Gasteiger partial charge is 0.378 e.